The van der Waals surface area contributed by atoms with E-state index in [1.807, 2.05) is 13.8 Å². The molecule has 0 radical (unpaired) electrons. The SMILES string of the molecule is COC(=O)CCOc1ccc([N+](=O)[O-])cc1CNC(C)C. The summed E-state index contributed by atoms with van der Waals surface area (Å²) >= 11 is 0. The first-order valence-electron chi connectivity index (χ1n) is 6.64. The number of nitrogens with zero attached hydrogens (tertiary/aromatic N) is 1. The normalized spacial score (nSPS) is 10.5. The van der Waals surface area contributed by atoms with Gasteiger partial charge in [0.2, 0.25) is 0 Å². The Morgan fingerprint density at radius 1 is 1.43 bits per heavy atom. The van der Waals surface area contributed by atoms with Gasteiger partial charge in [-0.05, 0) is 6.07 Å². The Labute approximate surface area is 123 Å². The van der Waals surface area contributed by atoms with Gasteiger partial charge in [-0.3, -0.25) is 14.9 Å². The molecule has 0 saturated heterocycles. The fourth-order valence-electron chi connectivity index (χ4n) is 1.62. The second-order valence-corrected chi connectivity index (χ2v) is 4.76. The van der Waals surface area contributed by atoms with Crippen molar-refractivity contribution in [3.8, 4) is 5.75 Å². The number of rotatable bonds is 8. The topological polar surface area (TPSA) is 90.7 Å². The molecule has 0 aliphatic rings. The van der Waals surface area contributed by atoms with Crippen LogP contribution < -0.4 is 10.1 Å². The molecule has 0 amide bonds. The van der Waals surface area contributed by atoms with Gasteiger partial charge in [-0.15, -0.1) is 0 Å². The zero-order chi connectivity index (χ0) is 15.8. The average Bonchev–Trinajstić information content (AvgIpc) is 2.45. The molecule has 0 atom stereocenters. The number of nitro groups is 1. The van der Waals surface area contributed by atoms with Crippen molar-refractivity contribution in [3.05, 3.63) is 33.9 Å². The summed E-state index contributed by atoms with van der Waals surface area (Å²) in [6.07, 6.45) is 0.130. The fourth-order valence-corrected chi connectivity index (χ4v) is 1.62. The molecule has 1 rings (SSSR count). The van der Waals surface area contributed by atoms with Gasteiger partial charge >= 0.3 is 5.97 Å². The molecular formula is C14H20N2O5. The zero-order valence-electron chi connectivity index (χ0n) is 12.4. The second kappa shape index (κ2) is 8.21. The molecule has 0 bridgehead atoms. The van der Waals surface area contributed by atoms with Crippen molar-refractivity contribution in [2.75, 3.05) is 13.7 Å². The molecule has 7 heteroatoms. The Morgan fingerprint density at radius 2 is 2.14 bits per heavy atom. The monoisotopic (exact) mass is 296 g/mol. The molecule has 0 aliphatic carbocycles. The van der Waals surface area contributed by atoms with E-state index in [2.05, 4.69) is 10.1 Å². The number of nitrogens with one attached hydrogen (secondary N) is 1. The summed E-state index contributed by atoms with van der Waals surface area (Å²) in [5.74, 6) is 0.163. The van der Waals surface area contributed by atoms with Gasteiger partial charge in [0.1, 0.15) is 5.75 Å². The summed E-state index contributed by atoms with van der Waals surface area (Å²) in [6.45, 7) is 4.58. The van der Waals surface area contributed by atoms with Crippen LogP contribution in [0.25, 0.3) is 0 Å². The number of esters is 1. The van der Waals surface area contributed by atoms with Gasteiger partial charge < -0.3 is 14.8 Å². The summed E-state index contributed by atoms with van der Waals surface area (Å²) in [4.78, 5) is 21.4. The molecular weight excluding hydrogens is 276 g/mol. The highest BCUT2D eigenvalue weighted by molar-refractivity contribution is 5.69. The van der Waals surface area contributed by atoms with Gasteiger partial charge in [-0.2, -0.15) is 0 Å². The first-order chi connectivity index (χ1) is 9.93. The minimum atomic E-state index is -0.447. The van der Waals surface area contributed by atoms with Crippen molar-refractivity contribution < 1.29 is 19.2 Å². The van der Waals surface area contributed by atoms with Crippen LogP contribution in [0.15, 0.2) is 18.2 Å². The maximum Gasteiger partial charge on any atom is 0.308 e. The van der Waals surface area contributed by atoms with E-state index in [0.717, 1.165) is 0 Å². The van der Waals surface area contributed by atoms with E-state index in [9.17, 15) is 14.9 Å². The summed E-state index contributed by atoms with van der Waals surface area (Å²) < 4.78 is 10.0. The van der Waals surface area contributed by atoms with Crippen LogP contribution >= 0.6 is 0 Å². The van der Waals surface area contributed by atoms with Gasteiger partial charge in [0.05, 0.1) is 25.1 Å². The van der Waals surface area contributed by atoms with Crippen LogP contribution in [-0.2, 0) is 16.1 Å². The third kappa shape index (κ3) is 5.78. The average molecular weight is 296 g/mol. The maximum absolute atomic E-state index is 11.0. The van der Waals surface area contributed by atoms with Crippen LogP contribution in [0, 0.1) is 10.1 Å². The number of nitro benzene ring substituents is 1. The molecule has 116 valence electrons. The van der Waals surface area contributed by atoms with Crippen molar-refractivity contribution in [2.24, 2.45) is 0 Å². The Kier molecular flexibility index (Phi) is 6.61. The van der Waals surface area contributed by atoms with E-state index in [0.29, 0.717) is 17.9 Å². The summed E-state index contributed by atoms with van der Waals surface area (Å²) in [7, 11) is 1.31. The van der Waals surface area contributed by atoms with Gasteiger partial charge in [0, 0.05) is 30.3 Å². The smallest absolute Gasteiger partial charge is 0.308 e. The van der Waals surface area contributed by atoms with E-state index < -0.39 is 4.92 Å². The molecule has 0 saturated carbocycles. The number of benzene rings is 1. The molecule has 0 aliphatic heterocycles. The number of non-ortho nitro benzene ring substituents is 1. The van der Waals surface area contributed by atoms with E-state index in [1.165, 1.54) is 19.2 Å². The molecule has 0 aromatic heterocycles. The minimum absolute atomic E-state index is 0.0101. The van der Waals surface area contributed by atoms with Crippen molar-refractivity contribution in [1.82, 2.24) is 5.32 Å². The van der Waals surface area contributed by atoms with Gasteiger partial charge in [-0.25, -0.2) is 0 Å². The van der Waals surface area contributed by atoms with Crippen molar-refractivity contribution in [2.45, 2.75) is 32.9 Å². The van der Waals surface area contributed by atoms with Crippen molar-refractivity contribution in [3.63, 3.8) is 0 Å². The number of carbonyl (C=O) groups is 1. The lowest BCUT2D eigenvalue weighted by atomic mass is 10.1. The number of hydrogen-bond donors (Lipinski definition) is 1. The zero-order valence-corrected chi connectivity index (χ0v) is 12.4. The third-order valence-electron chi connectivity index (χ3n) is 2.75. The molecule has 1 aromatic rings. The Balaban J connectivity index is 2.79. The minimum Gasteiger partial charge on any atom is -0.493 e. The standard InChI is InChI=1S/C14H20N2O5/c1-10(2)15-9-11-8-12(16(18)19)4-5-13(11)21-7-6-14(17)20-3/h4-5,8,10,15H,6-7,9H2,1-3H3. The van der Waals surface area contributed by atoms with Gasteiger partial charge in [0.15, 0.2) is 0 Å². The summed E-state index contributed by atoms with van der Waals surface area (Å²) in [5.41, 5.74) is 0.693. The van der Waals surface area contributed by atoms with Crippen LogP contribution in [0.5, 0.6) is 5.75 Å². The Bertz CT molecular complexity index is 502. The van der Waals surface area contributed by atoms with Crippen molar-refractivity contribution >= 4 is 11.7 Å². The number of carbonyl (C=O) groups excluding carboxylic acids is 1. The highest BCUT2D eigenvalue weighted by Crippen LogP contribution is 2.24. The number of hydrogen-bond acceptors (Lipinski definition) is 6. The lowest BCUT2D eigenvalue weighted by molar-refractivity contribution is -0.384. The number of ether oxygens (including phenoxy) is 2. The third-order valence-corrected chi connectivity index (χ3v) is 2.75. The predicted molar refractivity (Wildman–Crippen MR) is 77.2 cm³/mol. The molecule has 7 nitrogen and oxygen atoms in total. The summed E-state index contributed by atoms with van der Waals surface area (Å²) in [6, 6.07) is 4.65. The predicted octanol–water partition coefficient (Wildman–Crippen LogP) is 2.03. The quantitative estimate of drug-likeness (QED) is 0.448. The van der Waals surface area contributed by atoms with Crippen LogP contribution in [0.2, 0.25) is 0 Å². The highest BCUT2D eigenvalue weighted by Gasteiger charge is 2.12. The van der Waals surface area contributed by atoms with Crippen LogP contribution in [0.4, 0.5) is 5.69 Å². The molecule has 0 heterocycles. The van der Waals surface area contributed by atoms with Gasteiger partial charge in [-0.1, -0.05) is 13.8 Å². The lowest BCUT2D eigenvalue weighted by Gasteiger charge is -2.13. The summed E-state index contributed by atoms with van der Waals surface area (Å²) in [5, 5.41) is 14.0. The first kappa shape index (κ1) is 16.9. The fraction of sp³-hybridized carbons (Fsp3) is 0.500. The van der Waals surface area contributed by atoms with Crippen LogP contribution in [0.1, 0.15) is 25.8 Å². The van der Waals surface area contributed by atoms with Crippen LogP contribution in [0.3, 0.4) is 0 Å². The lowest BCUT2D eigenvalue weighted by Crippen LogP contribution is -2.22. The first-order valence-corrected chi connectivity index (χ1v) is 6.64. The molecule has 1 N–H and O–H groups in total. The molecule has 0 fully saturated rings. The van der Waals surface area contributed by atoms with Crippen LogP contribution in [-0.4, -0.2) is 30.7 Å². The van der Waals surface area contributed by atoms with E-state index in [-0.39, 0.29) is 30.7 Å². The largest absolute Gasteiger partial charge is 0.493 e. The maximum atomic E-state index is 11.0. The Hall–Kier alpha value is -2.15. The molecule has 21 heavy (non-hydrogen) atoms. The van der Waals surface area contributed by atoms with E-state index in [4.69, 9.17) is 4.74 Å². The highest BCUT2D eigenvalue weighted by atomic mass is 16.6. The van der Waals surface area contributed by atoms with Crippen molar-refractivity contribution in [1.29, 1.82) is 0 Å². The second-order valence-electron chi connectivity index (χ2n) is 4.76. The Morgan fingerprint density at radius 3 is 2.71 bits per heavy atom. The molecule has 0 spiro atoms. The molecule has 0 unspecified atom stereocenters. The van der Waals surface area contributed by atoms with E-state index >= 15 is 0 Å². The molecule has 1 aromatic carbocycles. The number of methoxy groups -OCH3 is 1. The van der Waals surface area contributed by atoms with Gasteiger partial charge in [0.25, 0.3) is 5.69 Å². The van der Waals surface area contributed by atoms with E-state index in [1.54, 1.807) is 6.07 Å².